The van der Waals surface area contributed by atoms with Crippen molar-refractivity contribution in [2.75, 3.05) is 6.61 Å². The molecular weight excluding hydrogens is 330 g/mol. The smallest absolute Gasteiger partial charge is 0.413 e. The third-order valence-electron chi connectivity index (χ3n) is 5.52. The fourth-order valence-corrected chi connectivity index (χ4v) is 3.89. The molecular formula is C21H37NO4. The summed E-state index contributed by atoms with van der Waals surface area (Å²) < 4.78 is 11.4. The lowest BCUT2D eigenvalue weighted by molar-refractivity contribution is -0.0665. The summed E-state index contributed by atoms with van der Waals surface area (Å²) in [5, 5.41) is 11.0. The Morgan fingerprint density at radius 1 is 1.31 bits per heavy atom. The first-order valence-electron chi connectivity index (χ1n) is 9.75. The Labute approximate surface area is 158 Å². The van der Waals surface area contributed by atoms with Gasteiger partial charge in [0, 0.05) is 0 Å². The molecule has 1 aliphatic heterocycles. The van der Waals surface area contributed by atoms with E-state index in [2.05, 4.69) is 26.8 Å². The van der Waals surface area contributed by atoms with Crippen LogP contribution in [0, 0.1) is 11.3 Å². The maximum Gasteiger partial charge on any atom is 0.413 e. The van der Waals surface area contributed by atoms with E-state index < -0.39 is 29.6 Å². The first-order valence-corrected chi connectivity index (χ1v) is 9.75. The van der Waals surface area contributed by atoms with Crippen LogP contribution in [0.15, 0.2) is 11.6 Å². The zero-order valence-electron chi connectivity index (χ0n) is 17.8. The van der Waals surface area contributed by atoms with Crippen LogP contribution in [0.5, 0.6) is 0 Å². The molecule has 0 aromatic heterocycles. The Balaban J connectivity index is 2.15. The molecule has 26 heavy (non-hydrogen) atoms. The Hall–Kier alpha value is -1.07. The average molecular weight is 368 g/mol. The van der Waals surface area contributed by atoms with Gasteiger partial charge in [0.2, 0.25) is 0 Å². The van der Waals surface area contributed by atoms with Gasteiger partial charge in [-0.25, -0.2) is 4.79 Å². The molecule has 2 rings (SSSR count). The van der Waals surface area contributed by atoms with E-state index >= 15 is 0 Å². The molecule has 0 spiro atoms. The van der Waals surface area contributed by atoms with E-state index in [4.69, 9.17) is 9.47 Å². The molecule has 1 aliphatic carbocycles. The summed E-state index contributed by atoms with van der Waals surface area (Å²) in [6.45, 7) is 16.3. The third kappa shape index (κ3) is 4.80. The third-order valence-corrected chi connectivity index (χ3v) is 5.52. The summed E-state index contributed by atoms with van der Waals surface area (Å²) in [7, 11) is 0. The molecule has 1 fully saturated rings. The van der Waals surface area contributed by atoms with Crippen molar-refractivity contribution in [1.29, 1.82) is 0 Å². The highest BCUT2D eigenvalue weighted by Crippen LogP contribution is 2.40. The fraction of sp³-hybridized carbons (Fsp3) is 0.857. The lowest BCUT2D eigenvalue weighted by Gasteiger charge is -2.38. The largest absolute Gasteiger partial charge is 0.444 e. The second-order valence-corrected chi connectivity index (χ2v) is 10.2. The minimum atomic E-state index is -0.794. The molecule has 0 aromatic carbocycles. The lowest BCUT2D eigenvalue weighted by Crippen LogP contribution is -2.53. The van der Waals surface area contributed by atoms with Crippen LogP contribution in [0.25, 0.3) is 0 Å². The first-order chi connectivity index (χ1) is 11.7. The van der Waals surface area contributed by atoms with E-state index in [0.29, 0.717) is 12.5 Å². The number of hydrogen-bond donors (Lipinski definition) is 1. The standard InChI is InChI=1S/C21H37NO4/c1-19(2,3)15-11-9-14(10-12-15)17(23)16-13-25-21(7,8)22(16)18(24)26-20(4,5)6/h9,15-17,23H,10-13H2,1-8H3/t15-,16?,17-/m0/s1. The zero-order valence-corrected chi connectivity index (χ0v) is 17.8. The van der Waals surface area contributed by atoms with Gasteiger partial charge in [0.05, 0.1) is 18.8 Å². The summed E-state index contributed by atoms with van der Waals surface area (Å²) in [6.07, 6.45) is 3.92. The Kier molecular flexibility index (Phi) is 5.84. The minimum Gasteiger partial charge on any atom is -0.444 e. The lowest BCUT2D eigenvalue weighted by atomic mass is 9.72. The normalized spacial score (nSPS) is 27.9. The maximum absolute atomic E-state index is 12.8. The van der Waals surface area contributed by atoms with Gasteiger partial charge in [-0.3, -0.25) is 4.90 Å². The van der Waals surface area contributed by atoms with E-state index in [1.165, 1.54) is 0 Å². The Bertz CT molecular complexity index is 553. The van der Waals surface area contributed by atoms with Crippen molar-refractivity contribution in [3.8, 4) is 0 Å². The van der Waals surface area contributed by atoms with Gasteiger partial charge < -0.3 is 14.6 Å². The Morgan fingerprint density at radius 2 is 1.92 bits per heavy atom. The number of nitrogens with zero attached hydrogens (tertiary/aromatic N) is 1. The van der Waals surface area contributed by atoms with Crippen LogP contribution in [-0.2, 0) is 9.47 Å². The fourth-order valence-electron chi connectivity index (χ4n) is 3.89. The van der Waals surface area contributed by atoms with E-state index in [9.17, 15) is 9.90 Å². The summed E-state index contributed by atoms with van der Waals surface area (Å²) >= 11 is 0. The summed E-state index contributed by atoms with van der Waals surface area (Å²) in [5.74, 6) is 0.622. The molecule has 1 heterocycles. The summed E-state index contributed by atoms with van der Waals surface area (Å²) in [6, 6.07) is -0.419. The van der Waals surface area contributed by atoms with E-state index in [-0.39, 0.29) is 5.41 Å². The van der Waals surface area contributed by atoms with Gasteiger partial charge in [-0.1, -0.05) is 26.8 Å². The summed E-state index contributed by atoms with van der Waals surface area (Å²) in [4.78, 5) is 14.3. The molecule has 0 radical (unpaired) electrons. The molecule has 1 unspecified atom stereocenters. The van der Waals surface area contributed by atoms with Crippen molar-refractivity contribution in [3.63, 3.8) is 0 Å². The van der Waals surface area contributed by atoms with Crippen molar-refractivity contribution >= 4 is 6.09 Å². The molecule has 0 bridgehead atoms. The van der Waals surface area contributed by atoms with E-state index in [1.807, 2.05) is 34.6 Å². The monoisotopic (exact) mass is 367 g/mol. The van der Waals surface area contributed by atoms with Crippen LogP contribution in [0.4, 0.5) is 4.79 Å². The number of carbonyl (C=O) groups excluding carboxylic acids is 1. The number of hydrogen-bond acceptors (Lipinski definition) is 4. The maximum atomic E-state index is 12.8. The van der Waals surface area contributed by atoms with Crippen LogP contribution < -0.4 is 0 Å². The SMILES string of the molecule is CC(C)(C)OC(=O)N1C([C@@H](O)C2=CC[C@H](C(C)(C)C)CC2)COC1(C)C. The molecule has 2 aliphatic rings. The molecule has 1 amide bonds. The molecule has 3 atom stereocenters. The van der Waals surface area contributed by atoms with E-state index in [1.54, 1.807) is 4.90 Å². The predicted octanol–water partition coefficient (Wildman–Crippen LogP) is 4.49. The number of aliphatic hydroxyl groups excluding tert-OH is 1. The highest BCUT2D eigenvalue weighted by molar-refractivity contribution is 5.70. The van der Waals surface area contributed by atoms with Crippen LogP contribution >= 0.6 is 0 Å². The van der Waals surface area contributed by atoms with Crippen molar-refractivity contribution in [2.24, 2.45) is 11.3 Å². The van der Waals surface area contributed by atoms with Gasteiger partial charge in [-0.2, -0.15) is 0 Å². The van der Waals surface area contributed by atoms with Gasteiger partial charge >= 0.3 is 6.09 Å². The molecule has 0 aromatic rings. The van der Waals surface area contributed by atoms with Crippen molar-refractivity contribution in [1.82, 2.24) is 4.90 Å². The number of rotatable bonds is 2. The quantitative estimate of drug-likeness (QED) is 0.731. The molecule has 1 N–H and O–H groups in total. The number of allylic oxidation sites excluding steroid dienone is 1. The highest BCUT2D eigenvalue weighted by atomic mass is 16.6. The van der Waals surface area contributed by atoms with E-state index in [0.717, 1.165) is 24.8 Å². The van der Waals surface area contributed by atoms with Crippen LogP contribution in [0.2, 0.25) is 0 Å². The van der Waals surface area contributed by atoms with Gasteiger partial charge in [0.1, 0.15) is 11.3 Å². The number of aliphatic hydroxyl groups is 1. The number of carbonyl (C=O) groups is 1. The van der Waals surface area contributed by atoms with Crippen LogP contribution in [0.1, 0.15) is 74.7 Å². The molecule has 1 saturated heterocycles. The second kappa shape index (κ2) is 7.16. The van der Waals surface area contributed by atoms with Crippen molar-refractivity contribution < 1.29 is 19.4 Å². The second-order valence-electron chi connectivity index (χ2n) is 10.2. The van der Waals surface area contributed by atoms with Gasteiger partial charge in [-0.15, -0.1) is 0 Å². The number of ether oxygens (including phenoxy) is 2. The Morgan fingerprint density at radius 3 is 2.38 bits per heavy atom. The predicted molar refractivity (Wildman–Crippen MR) is 103 cm³/mol. The van der Waals surface area contributed by atoms with Crippen molar-refractivity contribution in [3.05, 3.63) is 11.6 Å². The first kappa shape index (κ1) is 21.2. The van der Waals surface area contributed by atoms with Crippen molar-refractivity contribution in [2.45, 2.75) is 98.1 Å². The minimum absolute atomic E-state index is 0.272. The molecule has 150 valence electrons. The van der Waals surface area contributed by atoms with Crippen LogP contribution in [0.3, 0.4) is 0 Å². The molecule has 5 heteroatoms. The summed E-state index contributed by atoms with van der Waals surface area (Å²) in [5.41, 5.74) is -0.0918. The molecule has 0 saturated carbocycles. The average Bonchev–Trinajstić information content (AvgIpc) is 2.79. The topological polar surface area (TPSA) is 59.0 Å². The van der Waals surface area contributed by atoms with Crippen LogP contribution in [-0.4, -0.2) is 46.2 Å². The van der Waals surface area contributed by atoms with Gasteiger partial charge in [0.15, 0.2) is 0 Å². The highest BCUT2D eigenvalue weighted by Gasteiger charge is 2.49. The van der Waals surface area contributed by atoms with Gasteiger partial charge in [0.25, 0.3) is 0 Å². The zero-order chi connectivity index (χ0) is 19.9. The number of amides is 1. The molecule has 5 nitrogen and oxygen atoms in total. The van der Waals surface area contributed by atoms with Gasteiger partial charge in [-0.05, 0) is 70.8 Å².